The Kier molecular flexibility index (Phi) is 3.76. The Morgan fingerprint density at radius 3 is 2.89 bits per heavy atom. The van der Waals surface area contributed by atoms with Gasteiger partial charge in [0.1, 0.15) is 5.69 Å². The second-order valence-corrected chi connectivity index (χ2v) is 4.54. The molecule has 6 nitrogen and oxygen atoms in total. The molecule has 2 rings (SSSR count). The maximum atomic E-state index is 5.28. The van der Waals surface area contributed by atoms with Crippen LogP contribution in [0.5, 0.6) is 0 Å². The third kappa shape index (κ3) is 2.76. The molecule has 0 saturated heterocycles. The van der Waals surface area contributed by atoms with Crippen molar-refractivity contribution >= 4 is 0 Å². The van der Waals surface area contributed by atoms with Gasteiger partial charge in [0.2, 0.25) is 0 Å². The first-order chi connectivity index (χ1) is 8.60. The van der Waals surface area contributed by atoms with Crippen LogP contribution in [0.3, 0.4) is 0 Å². The van der Waals surface area contributed by atoms with E-state index in [1.807, 2.05) is 24.6 Å². The highest BCUT2D eigenvalue weighted by Gasteiger charge is 2.14. The average molecular weight is 249 g/mol. The standard InChI is InChI=1S/C12H19N5O/c1-5-17-10(6-9(4)15-17)12-14-11(16-18-12)7-13-8(2)3/h6,8,13H,5,7H2,1-4H3. The summed E-state index contributed by atoms with van der Waals surface area (Å²) in [6, 6.07) is 2.35. The van der Waals surface area contributed by atoms with Crippen molar-refractivity contribution < 1.29 is 4.52 Å². The zero-order chi connectivity index (χ0) is 13.1. The molecule has 0 spiro atoms. The lowest BCUT2D eigenvalue weighted by molar-refractivity contribution is 0.413. The van der Waals surface area contributed by atoms with E-state index in [9.17, 15) is 0 Å². The molecule has 0 aromatic carbocycles. The molecule has 0 aliphatic carbocycles. The molecule has 0 radical (unpaired) electrons. The highest BCUT2D eigenvalue weighted by atomic mass is 16.5. The second kappa shape index (κ2) is 5.30. The summed E-state index contributed by atoms with van der Waals surface area (Å²) >= 11 is 0. The predicted molar refractivity (Wildman–Crippen MR) is 67.9 cm³/mol. The summed E-state index contributed by atoms with van der Waals surface area (Å²) in [5.41, 5.74) is 1.82. The van der Waals surface area contributed by atoms with Gasteiger partial charge in [0.05, 0.1) is 12.2 Å². The molecule has 0 amide bonds. The van der Waals surface area contributed by atoms with Crippen LogP contribution in [-0.2, 0) is 13.1 Å². The molecule has 0 aliphatic rings. The molecule has 0 bridgehead atoms. The van der Waals surface area contributed by atoms with Gasteiger partial charge in [0.25, 0.3) is 5.89 Å². The van der Waals surface area contributed by atoms with Crippen molar-refractivity contribution in [3.8, 4) is 11.6 Å². The summed E-state index contributed by atoms with van der Waals surface area (Å²) in [7, 11) is 0. The van der Waals surface area contributed by atoms with Crippen molar-refractivity contribution in [1.29, 1.82) is 0 Å². The molecule has 98 valence electrons. The van der Waals surface area contributed by atoms with Gasteiger partial charge in [-0.3, -0.25) is 4.68 Å². The highest BCUT2D eigenvalue weighted by molar-refractivity contribution is 5.47. The normalized spacial score (nSPS) is 11.4. The Hall–Kier alpha value is -1.69. The van der Waals surface area contributed by atoms with Crippen LogP contribution in [0.2, 0.25) is 0 Å². The van der Waals surface area contributed by atoms with Crippen LogP contribution >= 0.6 is 0 Å². The Labute approximate surface area is 106 Å². The summed E-state index contributed by atoms with van der Waals surface area (Å²) < 4.78 is 7.14. The number of nitrogens with one attached hydrogen (secondary N) is 1. The molecule has 2 heterocycles. The Balaban J connectivity index is 2.18. The maximum absolute atomic E-state index is 5.28. The minimum atomic E-state index is 0.398. The minimum Gasteiger partial charge on any atom is -0.332 e. The molecule has 0 atom stereocenters. The average Bonchev–Trinajstić information content (AvgIpc) is 2.92. The SMILES string of the molecule is CCn1nc(C)cc1-c1nc(CNC(C)C)no1. The lowest BCUT2D eigenvalue weighted by Crippen LogP contribution is -2.22. The van der Waals surface area contributed by atoms with E-state index in [2.05, 4.69) is 34.4 Å². The molecule has 2 aromatic rings. The second-order valence-electron chi connectivity index (χ2n) is 4.54. The molecular weight excluding hydrogens is 230 g/mol. The molecule has 6 heteroatoms. The number of nitrogens with zero attached hydrogens (tertiary/aromatic N) is 4. The molecule has 2 aromatic heterocycles. The zero-order valence-corrected chi connectivity index (χ0v) is 11.3. The Morgan fingerprint density at radius 1 is 1.44 bits per heavy atom. The fourth-order valence-corrected chi connectivity index (χ4v) is 1.68. The quantitative estimate of drug-likeness (QED) is 0.874. The van der Waals surface area contributed by atoms with Crippen molar-refractivity contribution in [3.05, 3.63) is 17.6 Å². The van der Waals surface area contributed by atoms with Crippen molar-refractivity contribution in [2.75, 3.05) is 0 Å². The van der Waals surface area contributed by atoms with Crippen LogP contribution in [0.15, 0.2) is 10.6 Å². The van der Waals surface area contributed by atoms with Crippen molar-refractivity contribution in [3.63, 3.8) is 0 Å². The first-order valence-corrected chi connectivity index (χ1v) is 6.21. The minimum absolute atomic E-state index is 0.398. The fraction of sp³-hybridized carbons (Fsp3) is 0.583. The van der Waals surface area contributed by atoms with E-state index >= 15 is 0 Å². The van der Waals surface area contributed by atoms with E-state index < -0.39 is 0 Å². The van der Waals surface area contributed by atoms with Gasteiger partial charge in [-0.05, 0) is 19.9 Å². The molecule has 1 N–H and O–H groups in total. The first kappa shape index (κ1) is 12.8. The molecular formula is C12H19N5O. The van der Waals surface area contributed by atoms with Gasteiger partial charge >= 0.3 is 0 Å². The third-order valence-electron chi connectivity index (χ3n) is 2.56. The van der Waals surface area contributed by atoms with Crippen LogP contribution in [0.25, 0.3) is 11.6 Å². The van der Waals surface area contributed by atoms with Crippen molar-refractivity contribution in [2.24, 2.45) is 0 Å². The number of rotatable bonds is 5. The lowest BCUT2D eigenvalue weighted by Gasteiger charge is -2.03. The molecule has 0 fully saturated rings. The molecule has 0 saturated carbocycles. The number of aromatic nitrogens is 4. The van der Waals surface area contributed by atoms with Crippen LogP contribution in [0.1, 0.15) is 32.3 Å². The smallest absolute Gasteiger partial charge is 0.276 e. The highest BCUT2D eigenvalue weighted by Crippen LogP contribution is 2.18. The van der Waals surface area contributed by atoms with E-state index in [1.54, 1.807) is 0 Å². The van der Waals surface area contributed by atoms with Crippen LogP contribution < -0.4 is 5.32 Å². The summed E-state index contributed by atoms with van der Waals surface area (Å²) in [6.07, 6.45) is 0. The Morgan fingerprint density at radius 2 is 2.22 bits per heavy atom. The van der Waals surface area contributed by atoms with E-state index in [0.717, 1.165) is 17.9 Å². The number of hydrogen-bond donors (Lipinski definition) is 1. The van der Waals surface area contributed by atoms with Crippen LogP contribution in [-0.4, -0.2) is 26.0 Å². The Bertz CT molecular complexity index is 514. The van der Waals surface area contributed by atoms with Crippen LogP contribution in [0.4, 0.5) is 0 Å². The van der Waals surface area contributed by atoms with Gasteiger partial charge in [-0.25, -0.2) is 0 Å². The predicted octanol–water partition coefficient (Wildman–Crippen LogP) is 1.76. The van der Waals surface area contributed by atoms with E-state index in [1.165, 1.54) is 0 Å². The van der Waals surface area contributed by atoms with Gasteiger partial charge in [-0.15, -0.1) is 0 Å². The summed E-state index contributed by atoms with van der Waals surface area (Å²) in [6.45, 7) is 9.54. The summed E-state index contributed by atoms with van der Waals surface area (Å²) in [5, 5.41) is 11.6. The van der Waals surface area contributed by atoms with E-state index in [-0.39, 0.29) is 0 Å². The van der Waals surface area contributed by atoms with Gasteiger partial charge in [0, 0.05) is 12.6 Å². The maximum Gasteiger partial charge on any atom is 0.276 e. The van der Waals surface area contributed by atoms with Crippen LogP contribution in [0, 0.1) is 6.92 Å². The zero-order valence-electron chi connectivity index (χ0n) is 11.3. The van der Waals surface area contributed by atoms with E-state index in [4.69, 9.17) is 4.52 Å². The molecule has 0 unspecified atom stereocenters. The molecule has 18 heavy (non-hydrogen) atoms. The molecule has 0 aliphatic heterocycles. The number of hydrogen-bond acceptors (Lipinski definition) is 5. The first-order valence-electron chi connectivity index (χ1n) is 6.21. The summed E-state index contributed by atoms with van der Waals surface area (Å²) in [5.74, 6) is 1.19. The van der Waals surface area contributed by atoms with Gasteiger partial charge in [-0.1, -0.05) is 19.0 Å². The fourth-order valence-electron chi connectivity index (χ4n) is 1.68. The lowest BCUT2D eigenvalue weighted by atomic mass is 10.3. The largest absolute Gasteiger partial charge is 0.332 e. The van der Waals surface area contributed by atoms with Crippen molar-refractivity contribution in [2.45, 2.75) is 46.8 Å². The van der Waals surface area contributed by atoms with Gasteiger partial charge in [0.15, 0.2) is 5.82 Å². The third-order valence-corrected chi connectivity index (χ3v) is 2.56. The van der Waals surface area contributed by atoms with E-state index in [0.29, 0.717) is 24.3 Å². The van der Waals surface area contributed by atoms with Gasteiger partial charge < -0.3 is 9.84 Å². The summed E-state index contributed by atoms with van der Waals surface area (Å²) in [4.78, 5) is 4.37. The monoisotopic (exact) mass is 249 g/mol. The topological polar surface area (TPSA) is 68.8 Å². The van der Waals surface area contributed by atoms with Gasteiger partial charge in [-0.2, -0.15) is 10.1 Å². The van der Waals surface area contributed by atoms with Crippen molar-refractivity contribution in [1.82, 2.24) is 25.2 Å². The number of aryl methyl sites for hydroxylation is 2.